The molecule has 20 heavy (non-hydrogen) atoms. The Labute approximate surface area is 123 Å². The third-order valence-corrected chi connectivity index (χ3v) is 5.48. The molecule has 2 heteroatoms. The summed E-state index contributed by atoms with van der Waals surface area (Å²) in [5.41, 5.74) is 3.16. The zero-order chi connectivity index (χ0) is 14.1. The zero-order valence-corrected chi connectivity index (χ0v) is 13.1. The molecule has 1 aliphatic heterocycles. The summed E-state index contributed by atoms with van der Waals surface area (Å²) in [5.74, 6) is 1.54. The predicted molar refractivity (Wildman–Crippen MR) is 85.2 cm³/mol. The topological polar surface area (TPSA) is 15.3 Å². The van der Waals surface area contributed by atoms with Crippen LogP contribution < -0.4 is 5.32 Å². The van der Waals surface area contributed by atoms with Crippen LogP contribution >= 0.6 is 0 Å². The third-order valence-electron chi connectivity index (χ3n) is 5.48. The van der Waals surface area contributed by atoms with Crippen LogP contribution in [0, 0.1) is 5.92 Å². The van der Waals surface area contributed by atoms with E-state index in [1.807, 2.05) is 0 Å². The fourth-order valence-corrected chi connectivity index (χ4v) is 3.68. The van der Waals surface area contributed by atoms with Crippen LogP contribution in [-0.4, -0.2) is 36.6 Å². The highest BCUT2D eigenvalue weighted by molar-refractivity contribution is 5.40. The predicted octanol–water partition coefficient (Wildman–Crippen LogP) is 3.03. The summed E-state index contributed by atoms with van der Waals surface area (Å²) < 4.78 is 0. The number of fused-ring (bicyclic) bond motifs is 1. The van der Waals surface area contributed by atoms with E-state index in [4.69, 9.17) is 0 Å². The number of hydrogen-bond donors (Lipinski definition) is 1. The molecule has 0 aromatic heterocycles. The van der Waals surface area contributed by atoms with Gasteiger partial charge in [0, 0.05) is 37.6 Å². The lowest BCUT2D eigenvalue weighted by molar-refractivity contribution is 0.109. The van der Waals surface area contributed by atoms with E-state index in [0.29, 0.717) is 12.1 Å². The number of hydrogen-bond acceptors (Lipinski definition) is 2. The summed E-state index contributed by atoms with van der Waals surface area (Å²) in [5, 5.41) is 3.74. The van der Waals surface area contributed by atoms with Gasteiger partial charge in [0.2, 0.25) is 0 Å². The van der Waals surface area contributed by atoms with Crippen LogP contribution in [0.1, 0.15) is 44.2 Å². The largest absolute Gasteiger partial charge is 0.311 e. The van der Waals surface area contributed by atoms with Crippen LogP contribution in [0.4, 0.5) is 0 Å². The Hall–Kier alpha value is -0.860. The molecule has 1 fully saturated rings. The highest BCUT2D eigenvalue weighted by Gasteiger charge is 2.32. The summed E-state index contributed by atoms with van der Waals surface area (Å²) in [6, 6.07) is 10.3. The molecule has 4 atom stereocenters. The van der Waals surface area contributed by atoms with Crippen LogP contribution in [0.2, 0.25) is 0 Å². The molecule has 1 saturated heterocycles. The monoisotopic (exact) mass is 272 g/mol. The van der Waals surface area contributed by atoms with Gasteiger partial charge in [-0.25, -0.2) is 0 Å². The summed E-state index contributed by atoms with van der Waals surface area (Å²) in [4.78, 5) is 2.72. The minimum absolute atomic E-state index is 0.670. The Morgan fingerprint density at radius 2 is 2.15 bits per heavy atom. The first-order valence-electron chi connectivity index (χ1n) is 8.24. The molecule has 0 amide bonds. The molecule has 2 aliphatic rings. The van der Waals surface area contributed by atoms with E-state index in [1.54, 1.807) is 11.1 Å². The SMILES string of the molecule is CCC(C)C1CN(CC2Cc3ccccc32)C(C)CN1. The van der Waals surface area contributed by atoms with Crippen LogP contribution in [-0.2, 0) is 6.42 Å². The van der Waals surface area contributed by atoms with Crippen LogP contribution in [0.15, 0.2) is 24.3 Å². The zero-order valence-electron chi connectivity index (χ0n) is 13.1. The molecule has 110 valence electrons. The molecule has 0 bridgehead atoms. The van der Waals surface area contributed by atoms with E-state index in [1.165, 1.54) is 25.9 Å². The highest BCUT2D eigenvalue weighted by Crippen LogP contribution is 2.36. The first-order valence-corrected chi connectivity index (χ1v) is 8.24. The van der Waals surface area contributed by atoms with E-state index >= 15 is 0 Å². The Morgan fingerprint density at radius 1 is 1.35 bits per heavy atom. The molecule has 0 saturated carbocycles. The van der Waals surface area contributed by atoms with Crippen molar-refractivity contribution in [3.8, 4) is 0 Å². The minimum atomic E-state index is 0.670. The maximum atomic E-state index is 3.74. The molecule has 2 nitrogen and oxygen atoms in total. The molecule has 3 rings (SSSR count). The molecule has 1 aromatic carbocycles. The van der Waals surface area contributed by atoms with Crippen molar-refractivity contribution in [1.82, 2.24) is 10.2 Å². The number of nitrogens with zero attached hydrogens (tertiary/aromatic N) is 1. The van der Waals surface area contributed by atoms with Crippen LogP contribution in [0.5, 0.6) is 0 Å². The van der Waals surface area contributed by atoms with Gasteiger partial charge in [0.1, 0.15) is 0 Å². The Balaban J connectivity index is 1.62. The Morgan fingerprint density at radius 3 is 2.90 bits per heavy atom. The second-order valence-corrected chi connectivity index (χ2v) is 6.80. The molecule has 0 radical (unpaired) electrons. The molecule has 1 heterocycles. The summed E-state index contributed by atoms with van der Waals surface area (Å²) in [6.07, 6.45) is 2.55. The minimum Gasteiger partial charge on any atom is -0.311 e. The van der Waals surface area contributed by atoms with Crippen molar-refractivity contribution in [3.05, 3.63) is 35.4 Å². The van der Waals surface area contributed by atoms with Gasteiger partial charge in [-0.2, -0.15) is 0 Å². The molecule has 1 N–H and O–H groups in total. The van der Waals surface area contributed by atoms with Crippen molar-refractivity contribution in [2.75, 3.05) is 19.6 Å². The average molecular weight is 272 g/mol. The first kappa shape index (κ1) is 14.1. The van der Waals surface area contributed by atoms with Crippen molar-refractivity contribution in [2.45, 2.75) is 51.6 Å². The fraction of sp³-hybridized carbons (Fsp3) is 0.667. The molecule has 4 unspecified atom stereocenters. The second kappa shape index (κ2) is 5.87. The number of nitrogens with one attached hydrogen (secondary N) is 1. The summed E-state index contributed by atoms with van der Waals surface area (Å²) >= 11 is 0. The smallest absolute Gasteiger partial charge is 0.0221 e. The van der Waals surface area contributed by atoms with Gasteiger partial charge in [-0.15, -0.1) is 0 Å². The van der Waals surface area contributed by atoms with Gasteiger partial charge in [-0.05, 0) is 30.4 Å². The van der Waals surface area contributed by atoms with Crippen LogP contribution in [0.3, 0.4) is 0 Å². The molecule has 1 aliphatic carbocycles. The van der Waals surface area contributed by atoms with E-state index < -0.39 is 0 Å². The molecular formula is C18H28N2. The lowest BCUT2D eigenvalue weighted by Gasteiger charge is -2.44. The normalized spacial score (nSPS) is 31.4. The van der Waals surface area contributed by atoms with Gasteiger partial charge in [0.25, 0.3) is 0 Å². The van der Waals surface area contributed by atoms with Gasteiger partial charge < -0.3 is 5.32 Å². The fourth-order valence-electron chi connectivity index (χ4n) is 3.68. The lowest BCUT2D eigenvalue weighted by Crippen LogP contribution is -2.58. The standard InChI is InChI=1S/C18H28N2/c1-4-13(2)18-12-20(14(3)10-19-18)11-16-9-15-7-5-6-8-17(15)16/h5-8,13-14,16,18-19H,4,9-12H2,1-3H3. The first-order chi connectivity index (χ1) is 9.69. The lowest BCUT2D eigenvalue weighted by atomic mass is 9.77. The summed E-state index contributed by atoms with van der Waals surface area (Å²) in [6.45, 7) is 10.6. The van der Waals surface area contributed by atoms with E-state index in [9.17, 15) is 0 Å². The van der Waals surface area contributed by atoms with Crippen molar-refractivity contribution in [3.63, 3.8) is 0 Å². The van der Waals surface area contributed by atoms with Gasteiger partial charge in [0.05, 0.1) is 0 Å². The second-order valence-electron chi connectivity index (χ2n) is 6.80. The molecule has 0 spiro atoms. The molecular weight excluding hydrogens is 244 g/mol. The highest BCUT2D eigenvalue weighted by atomic mass is 15.2. The Kier molecular flexibility index (Phi) is 4.13. The van der Waals surface area contributed by atoms with Gasteiger partial charge in [-0.3, -0.25) is 4.90 Å². The van der Waals surface area contributed by atoms with E-state index in [2.05, 4.69) is 55.3 Å². The maximum Gasteiger partial charge on any atom is 0.0221 e. The van der Waals surface area contributed by atoms with Gasteiger partial charge in [0.15, 0.2) is 0 Å². The molecule has 1 aromatic rings. The van der Waals surface area contributed by atoms with Gasteiger partial charge in [-0.1, -0.05) is 44.5 Å². The quantitative estimate of drug-likeness (QED) is 0.906. The number of benzene rings is 1. The number of piperazine rings is 1. The Bertz CT molecular complexity index is 456. The van der Waals surface area contributed by atoms with Gasteiger partial charge >= 0.3 is 0 Å². The number of rotatable bonds is 4. The summed E-state index contributed by atoms with van der Waals surface area (Å²) in [7, 11) is 0. The maximum absolute atomic E-state index is 3.74. The van der Waals surface area contributed by atoms with E-state index in [-0.39, 0.29) is 0 Å². The van der Waals surface area contributed by atoms with Crippen molar-refractivity contribution in [1.29, 1.82) is 0 Å². The van der Waals surface area contributed by atoms with Crippen molar-refractivity contribution >= 4 is 0 Å². The third kappa shape index (κ3) is 2.64. The van der Waals surface area contributed by atoms with Crippen molar-refractivity contribution < 1.29 is 0 Å². The van der Waals surface area contributed by atoms with Crippen molar-refractivity contribution in [2.24, 2.45) is 5.92 Å². The average Bonchev–Trinajstić information content (AvgIpc) is 2.45. The van der Waals surface area contributed by atoms with Crippen LogP contribution in [0.25, 0.3) is 0 Å². The van der Waals surface area contributed by atoms with E-state index in [0.717, 1.165) is 18.4 Å².